The van der Waals surface area contributed by atoms with Crippen molar-refractivity contribution in [3.05, 3.63) is 36.0 Å². The topological polar surface area (TPSA) is 87.6 Å². The molecule has 7 nitrogen and oxygen atoms in total. The van der Waals surface area contributed by atoms with Gasteiger partial charge in [0.05, 0.1) is 24.0 Å². The third-order valence-corrected chi connectivity index (χ3v) is 5.71. The van der Waals surface area contributed by atoms with Gasteiger partial charge in [0.2, 0.25) is 5.91 Å². The molecule has 2 N–H and O–H groups in total. The summed E-state index contributed by atoms with van der Waals surface area (Å²) in [5, 5.41) is 13.2. The van der Waals surface area contributed by atoms with Crippen LogP contribution in [0.25, 0.3) is 11.3 Å². The van der Waals surface area contributed by atoms with Gasteiger partial charge in [-0.05, 0) is 44.6 Å². The molecule has 1 aromatic heterocycles. The van der Waals surface area contributed by atoms with Crippen LogP contribution < -0.4 is 10.2 Å². The van der Waals surface area contributed by atoms with Gasteiger partial charge in [-0.3, -0.25) is 9.69 Å². The number of amides is 1. The summed E-state index contributed by atoms with van der Waals surface area (Å²) >= 11 is 0. The maximum atomic E-state index is 12.6. The number of anilines is 2. The third-order valence-electron chi connectivity index (χ3n) is 5.71. The maximum Gasteiger partial charge on any atom is 0.247 e. The van der Waals surface area contributed by atoms with E-state index in [4.69, 9.17) is 9.72 Å². The molecule has 7 heteroatoms. The monoisotopic (exact) mass is 400 g/mol. The number of nitrogens with one attached hydrogen (secondary N) is 1. The minimum absolute atomic E-state index is 0. The smallest absolute Gasteiger partial charge is 0.247 e. The predicted octanol–water partition coefficient (Wildman–Crippen LogP) is 3.44. The Morgan fingerprint density at radius 1 is 1.28 bits per heavy atom. The Morgan fingerprint density at radius 2 is 2.00 bits per heavy atom. The van der Waals surface area contributed by atoms with E-state index in [1.54, 1.807) is 24.9 Å². The van der Waals surface area contributed by atoms with Gasteiger partial charge in [0.25, 0.3) is 0 Å². The molecule has 1 fully saturated rings. The third kappa shape index (κ3) is 4.41. The van der Waals surface area contributed by atoms with Crippen molar-refractivity contribution in [3.63, 3.8) is 0 Å². The largest absolute Gasteiger partial charge is 0.386 e. The Morgan fingerprint density at radius 3 is 2.69 bits per heavy atom. The van der Waals surface area contributed by atoms with Crippen molar-refractivity contribution in [2.24, 2.45) is 5.92 Å². The first-order valence-corrected chi connectivity index (χ1v) is 10.2. The van der Waals surface area contributed by atoms with Crippen molar-refractivity contribution in [1.82, 2.24) is 9.97 Å². The number of hydrogen-bond donors (Lipinski definition) is 2. The molecule has 0 unspecified atom stereocenters. The maximum absolute atomic E-state index is 12.6. The molecule has 0 bridgehead atoms. The second kappa shape index (κ2) is 8.08. The SMILES string of the molecule is CC(C)(O)c1ccc(-c2cnc3c(n2)N(CCC2CCOCC2)C(=O)CN3)cc1.[HH].[HH]. The minimum atomic E-state index is -0.892. The molecule has 4 rings (SSSR count). The molecule has 0 spiro atoms. The molecule has 3 heterocycles. The Kier molecular flexibility index (Phi) is 5.52. The number of aliphatic hydroxyl groups is 1. The van der Waals surface area contributed by atoms with Gasteiger partial charge in [-0.2, -0.15) is 0 Å². The molecule has 1 aromatic carbocycles. The van der Waals surface area contributed by atoms with E-state index in [1.807, 2.05) is 24.3 Å². The van der Waals surface area contributed by atoms with Crippen LogP contribution in [0.5, 0.6) is 0 Å². The molecular formula is C22H32N4O3. The fraction of sp³-hybridized carbons (Fsp3) is 0.500. The highest BCUT2D eigenvalue weighted by Crippen LogP contribution is 2.31. The number of carbonyl (C=O) groups is 1. The lowest BCUT2D eigenvalue weighted by atomic mass is 9.96. The molecule has 2 aromatic rings. The molecular weight excluding hydrogens is 368 g/mol. The van der Waals surface area contributed by atoms with Gasteiger partial charge < -0.3 is 15.2 Å². The number of benzene rings is 1. The second-order valence-electron chi connectivity index (χ2n) is 8.31. The van der Waals surface area contributed by atoms with Crippen LogP contribution in [0.2, 0.25) is 0 Å². The molecule has 0 radical (unpaired) electrons. The summed E-state index contributed by atoms with van der Waals surface area (Å²) in [6, 6.07) is 7.63. The highest BCUT2D eigenvalue weighted by molar-refractivity contribution is 6.00. The molecule has 29 heavy (non-hydrogen) atoms. The molecule has 158 valence electrons. The zero-order valence-electron chi connectivity index (χ0n) is 17.0. The summed E-state index contributed by atoms with van der Waals surface area (Å²) in [5.41, 5.74) is 1.55. The average Bonchev–Trinajstić information content (AvgIpc) is 2.73. The van der Waals surface area contributed by atoms with Gasteiger partial charge in [-0.25, -0.2) is 9.97 Å². The quantitative estimate of drug-likeness (QED) is 0.799. The van der Waals surface area contributed by atoms with Gasteiger partial charge in [0, 0.05) is 28.2 Å². The van der Waals surface area contributed by atoms with Gasteiger partial charge in [-0.1, -0.05) is 24.3 Å². The van der Waals surface area contributed by atoms with E-state index in [1.165, 1.54) is 0 Å². The minimum Gasteiger partial charge on any atom is -0.386 e. The van der Waals surface area contributed by atoms with Crippen molar-refractivity contribution in [1.29, 1.82) is 0 Å². The number of rotatable bonds is 5. The van der Waals surface area contributed by atoms with Crippen molar-refractivity contribution in [2.45, 2.75) is 38.7 Å². The number of ether oxygens (including phenoxy) is 1. The van der Waals surface area contributed by atoms with Crippen LogP contribution in [0.3, 0.4) is 0 Å². The zero-order valence-corrected chi connectivity index (χ0v) is 17.0. The molecule has 1 amide bonds. The first-order valence-electron chi connectivity index (χ1n) is 10.2. The predicted molar refractivity (Wildman–Crippen MR) is 116 cm³/mol. The van der Waals surface area contributed by atoms with Crippen molar-refractivity contribution < 1.29 is 17.5 Å². The number of carbonyl (C=O) groups excluding carboxylic acids is 1. The number of aromatic nitrogens is 2. The Labute approximate surface area is 174 Å². The Balaban J connectivity index is 0.00000171. The molecule has 0 atom stereocenters. The van der Waals surface area contributed by atoms with E-state index in [9.17, 15) is 9.90 Å². The van der Waals surface area contributed by atoms with Crippen LogP contribution in [0, 0.1) is 5.92 Å². The molecule has 0 saturated carbocycles. The second-order valence-corrected chi connectivity index (χ2v) is 8.31. The van der Waals surface area contributed by atoms with E-state index in [2.05, 4.69) is 10.3 Å². The number of hydrogen-bond acceptors (Lipinski definition) is 6. The lowest BCUT2D eigenvalue weighted by Gasteiger charge is -2.30. The summed E-state index contributed by atoms with van der Waals surface area (Å²) in [4.78, 5) is 23.6. The zero-order chi connectivity index (χ0) is 20.4. The summed E-state index contributed by atoms with van der Waals surface area (Å²) in [6.07, 6.45) is 4.76. The van der Waals surface area contributed by atoms with Crippen LogP contribution >= 0.6 is 0 Å². The highest BCUT2D eigenvalue weighted by Gasteiger charge is 2.28. The fourth-order valence-corrected chi connectivity index (χ4v) is 3.83. The molecule has 1 saturated heterocycles. The van der Waals surface area contributed by atoms with Crippen LogP contribution in [0.4, 0.5) is 11.6 Å². The van der Waals surface area contributed by atoms with Crippen molar-refractivity contribution in [2.75, 3.05) is 36.5 Å². The van der Waals surface area contributed by atoms with Gasteiger partial charge in [-0.15, -0.1) is 0 Å². The fourth-order valence-electron chi connectivity index (χ4n) is 3.83. The normalized spacial score (nSPS) is 17.8. The summed E-state index contributed by atoms with van der Waals surface area (Å²) in [5.74, 6) is 1.85. The van der Waals surface area contributed by atoms with E-state index in [-0.39, 0.29) is 15.3 Å². The van der Waals surface area contributed by atoms with E-state index in [0.29, 0.717) is 29.8 Å². The van der Waals surface area contributed by atoms with E-state index >= 15 is 0 Å². The van der Waals surface area contributed by atoms with Gasteiger partial charge in [0.1, 0.15) is 0 Å². The van der Waals surface area contributed by atoms with Crippen LogP contribution in [-0.2, 0) is 15.1 Å². The molecule has 2 aliphatic rings. The lowest BCUT2D eigenvalue weighted by Crippen LogP contribution is -2.42. The van der Waals surface area contributed by atoms with Gasteiger partial charge >= 0.3 is 0 Å². The first kappa shape index (κ1) is 19.8. The lowest BCUT2D eigenvalue weighted by molar-refractivity contribution is -0.117. The van der Waals surface area contributed by atoms with Crippen LogP contribution in [-0.4, -0.2) is 47.3 Å². The van der Waals surface area contributed by atoms with E-state index in [0.717, 1.165) is 43.6 Å². The highest BCUT2D eigenvalue weighted by atomic mass is 16.5. The number of fused-ring (bicyclic) bond motifs is 1. The summed E-state index contributed by atoms with van der Waals surface area (Å²) in [7, 11) is 0. The average molecular weight is 401 g/mol. The number of nitrogens with zero attached hydrogens (tertiary/aromatic N) is 3. The van der Waals surface area contributed by atoms with Crippen molar-refractivity contribution in [3.8, 4) is 11.3 Å². The van der Waals surface area contributed by atoms with Crippen LogP contribution in [0.15, 0.2) is 30.5 Å². The molecule has 2 aliphatic heterocycles. The summed E-state index contributed by atoms with van der Waals surface area (Å²) in [6.45, 7) is 6.02. The van der Waals surface area contributed by atoms with Crippen molar-refractivity contribution >= 4 is 17.5 Å². The first-order chi connectivity index (χ1) is 13.9. The summed E-state index contributed by atoms with van der Waals surface area (Å²) < 4.78 is 5.43. The Hall–Kier alpha value is -2.51. The van der Waals surface area contributed by atoms with Gasteiger partial charge in [0.15, 0.2) is 11.6 Å². The standard InChI is InChI=1S/C22H28N4O3.2H2/c1-22(2,28)17-5-3-16(4-6-17)18-13-23-20-21(25-18)26(19(27)14-24-20)10-7-15-8-11-29-12-9-15;;/h3-6,13,15,28H,7-12,14H2,1-2H3,(H,23,24);2*1H. The van der Waals surface area contributed by atoms with Crippen LogP contribution in [0.1, 0.15) is 41.5 Å². The Bertz CT molecular complexity index is 881. The molecule has 0 aliphatic carbocycles. The van der Waals surface area contributed by atoms with E-state index < -0.39 is 5.60 Å².